The predicted molar refractivity (Wildman–Crippen MR) is 82.3 cm³/mol. The molecule has 4 heteroatoms. The maximum absolute atomic E-state index is 6.22. The molecule has 0 radical (unpaired) electrons. The molecule has 0 fully saturated rings. The second kappa shape index (κ2) is 7.06. The highest BCUT2D eigenvalue weighted by Gasteiger charge is 2.16. The van der Waals surface area contributed by atoms with Gasteiger partial charge in [0.2, 0.25) is 0 Å². The summed E-state index contributed by atoms with van der Waals surface area (Å²) in [7, 11) is 3.68. The van der Waals surface area contributed by atoms with Gasteiger partial charge in [-0.15, -0.1) is 11.3 Å². The Morgan fingerprint density at radius 1 is 1.26 bits per heavy atom. The van der Waals surface area contributed by atoms with Gasteiger partial charge in [-0.2, -0.15) is 0 Å². The van der Waals surface area contributed by atoms with Crippen LogP contribution in [0.15, 0.2) is 35.7 Å². The molecule has 1 atom stereocenters. The highest BCUT2D eigenvalue weighted by molar-refractivity contribution is 7.10. The van der Waals surface area contributed by atoms with E-state index in [1.807, 2.05) is 18.5 Å². The first-order valence-electron chi connectivity index (χ1n) is 6.24. The smallest absolute Gasteiger partial charge is 0.0683 e. The van der Waals surface area contributed by atoms with E-state index in [0.29, 0.717) is 0 Å². The van der Waals surface area contributed by atoms with E-state index in [-0.39, 0.29) is 6.04 Å². The molecule has 0 aliphatic heterocycles. The average molecular weight is 296 g/mol. The van der Waals surface area contributed by atoms with Crippen molar-refractivity contribution in [2.45, 2.75) is 12.5 Å². The van der Waals surface area contributed by atoms with Crippen molar-refractivity contribution >= 4 is 22.9 Å². The lowest BCUT2D eigenvalue weighted by Crippen LogP contribution is -2.16. The second-order valence-electron chi connectivity index (χ2n) is 4.34. The first-order valence-corrected chi connectivity index (χ1v) is 7.50. The van der Waals surface area contributed by atoms with Crippen LogP contribution >= 0.6 is 22.9 Å². The minimum absolute atomic E-state index is 0.156. The molecule has 1 aromatic heterocycles. The van der Waals surface area contributed by atoms with Gasteiger partial charge in [0.25, 0.3) is 0 Å². The molecular weight excluding hydrogens is 278 g/mol. The normalized spacial score (nSPS) is 12.6. The number of ether oxygens (including phenoxy) is 1. The van der Waals surface area contributed by atoms with Gasteiger partial charge in [0, 0.05) is 12.0 Å². The Morgan fingerprint density at radius 3 is 2.53 bits per heavy atom. The van der Waals surface area contributed by atoms with E-state index in [1.54, 1.807) is 18.4 Å². The topological polar surface area (TPSA) is 21.3 Å². The average Bonchev–Trinajstić information content (AvgIpc) is 2.85. The Bertz CT molecular complexity index is 509. The lowest BCUT2D eigenvalue weighted by atomic mass is 10.0. The van der Waals surface area contributed by atoms with Crippen LogP contribution in [0.3, 0.4) is 0 Å². The predicted octanol–water partition coefficient (Wildman–Crippen LogP) is 3.90. The van der Waals surface area contributed by atoms with Crippen molar-refractivity contribution in [1.82, 2.24) is 5.32 Å². The fourth-order valence-corrected chi connectivity index (χ4v) is 3.36. The summed E-state index contributed by atoms with van der Waals surface area (Å²) in [6.07, 6.45) is 0.945. The third kappa shape index (κ3) is 3.57. The van der Waals surface area contributed by atoms with Gasteiger partial charge in [-0.25, -0.2) is 0 Å². The molecule has 0 saturated heterocycles. The fraction of sp³-hybridized carbons (Fsp3) is 0.333. The first-order chi connectivity index (χ1) is 9.26. The summed E-state index contributed by atoms with van der Waals surface area (Å²) in [6, 6.07) is 10.7. The summed E-state index contributed by atoms with van der Waals surface area (Å²) >= 11 is 7.90. The van der Waals surface area contributed by atoms with Crippen LogP contribution in [0.2, 0.25) is 5.02 Å². The lowest BCUT2D eigenvalue weighted by molar-refractivity contribution is 0.202. The summed E-state index contributed by atoms with van der Waals surface area (Å²) in [5.41, 5.74) is 2.52. The van der Waals surface area contributed by atoms with Crippen molar-refractivity contribution in [1.29, 1.82) is 0 Å². The number of halogens is 1. The lowest BCUT2D eigenvalue weighted by Gasteiger charge is -2.16. The zero-order valence-electron chi connectivity index (χ0n) is 11.2. The first kappa shape index (κ1) is 14.5. The van der Waals surface area contributed by atoms with E-state index in [2.05, 4.69) is 29.6 Å². The fourth-order valence-electron chi connectivity index (χ4n) is 2.06. The number of nitrogens with one attached hydrogen (secondary N) is 1. The van der Waals surface area contributed by atoms with Crippen LogP contribution in [0.25, 0.3) is 0 Å². The molecule has 2 rings (SSSR count). The number of thiophene rings is 1. The Hall–Kier alpha value is -0.870. The number of methoxy groups -OCH3 is 1. The molecule has 2 nitrogen and oxygen atoms in total. The van der Waals surface area contributed by atoms with Crippen LogP contribution in [0.5, 0.6) is 0 Å². The van der Waals surface area contributed by atoms with E-state index in [9.17, 15) is 0 Å². The van der Waals surface area contributed by atoms with Crippen LogP contribution in [0.4, 0.5) is 0 Å². The number of rotatable bonds is 6. The van der Waals surface area contributed by atoms with E-state index >= 15 is 0 Å². The molecule has 0 saturated carbocycles. The summed E-state index contributed by atoms with van der Waals surface area (Å²) in [5, 5.41) is 6.17. The molecule has 0 aliphatic rings. The Kier molecular flexibility index (Phi) is 5.40. The summed E-state index contributed by atoms with van der Waals surface area (Å²) in [6.45, 7) is 0.756. The SMILES string of the molecule is CNC(c1ccc(CCOC)cc1)c1sccc1Cl. The van der Waals surface area contributed by atoms with Gasteiger partial charge in [0.05, 0.1) is 17.7 Å². The third-order valence-corrected chi connectivity index (χ3v) is 4.53. The zero-order valence-corrected chi connectivity index (χ0v) is 12.7. The quantitative estimate of drug-likeness (QED) is 0.873. The zero-order chi connectivity index (χ0) is 13.7. The van der Waals surface area contributed by atoms with Crippen LogP contribution in [0.1, 0.15) is 22.0 Å². The molecule has 0 aliphatic carbocycles. The van der Waals surface area contributed by atoms with Crippen LogP contribution in [0, 0.1) is 0 Å². The van der Waals surface area contributed by atoms with Crippen molar-refractivity contribution in [3.63, 3.8) is 0 Å². The second-order valence-corrected chi connectivity index (χ2v) is 5.69. The Labute approximate surface area is 123 Å². The van der Waals surface area contributed by atoms with Crippen LogP contribution in [-0.2, 0) is 11.2 Å². The molecular formula is C15H18ClNOS. The number of benzene rings is 1. The molecule has 102 valence electrons. The van der Waals surface area contributed by atoms with E-state index in [4.69, 9.17) is 16.3 Å². The van der Waals surface area contributed by atoms with Gasteiger partial charge >= 0.3 is 0 Å². The van der Waals surface area contributed by atoms with E-state index in [0.717, 1.165) is 22.9 Å². The Balaban J connectivity index is 2.18. The van der Waals surface area contributed by atoms with Gasteiger partial charge in [-0.1, -0.05) is 35.9 Å². The molecule has 0 bridgehead atoms. The summed E-state index contributed by atoms with van der Waals surface area (Å²) in [5.74, 6) is 0. The molecule has 0 spiro atoms. The largest absolute Gasteiger partial charge is 0.384 e. The summed E-state index contributed by atoms with van der Waals surface area (Å²) < 4.78 is 5.09. The highest BCUT2D eigenvalue weighted by Crippen LogP contribution is 2.32. The maximum Gasteiger partial charge on any atom is 0.0683 e. The Morgan fingerprint density at radius 2 is 2.00 bits per heavy atom. The minimum Gasteiger partial charge on any atom is -0.384 e. The highest BCUT2D eigenvalue weighted by atomic mass is 35.5. The van der Waals surface area contributed by atoms with Crippen molar-refractivity contribution < 1.29 is 4.74 Å². The standard InChI is InChI=1S/C15H18ClNOS/c1-17-14(15-13(16)8-10-19-15)12-5-3-11(4-6-12)7-9-18-2/h3-6,8,10,14,17H,7,9H2,1-2H3. The van der Waals surface area contributed by atoms with Gasteiger partial charge in [-0.05, 0) is 36.0 Å². The van der Waals surface area contributed by atoms with Gasteiger partial charge in [0.1, 0.15) is 0 Å². The maximum atomic E-state index is 6.22. The molecule has 19 heavy (non-hydrogen) atoms. The molecule has 1 N–H and O–H groups in total. The van der Waals surface area contributed by atoms with E-state index in [1.165, 1.54) is 11.1 Å². The summed E-state index contributed by atoms with van der Waals surface area (Å²) in [4.78, 5) is 1.16. The monoisotopic (exact) mass is 295 g/mol. The minimum atomic E-state index is 0.156. The van der Waals surface area contributed by atoms with Crippen molar-refractivity contribution in [2.24, 2.45) is 0 Å². The van der Waals surface area contributed by atoms with Crippen molar-refractivity contribution in [3.05, 3.63) is 56.7 Å². The molecule has 1 heterocycles. The number of hydrogen-bond donors (Lipinski definition) is 1. The molecule has 1 aromatic carbocycles. The molecule has 1 unspecified atom stereocenters. The number of hydrogen-bond acceptors (Lipinski definition) is 3. The third-order valence-electron chi connectivity index (χ3n) is 3.10. The van der Waals surface area contributed by atoms with Crippen molar-refractivity contribution in [2.75, 3.05) is 20.8 Å². The van der Waals surface area contributed by atoms with Gasteiger partial charge < -0.3 is 10.1 Å². The van der Waals surface area contributed by atoms with Gasteiger partial charge in [-0.3, -0.25) is 0 Å². The van der Waals surface area contributed by atoms with Gasteiger partial charge in [0.15, 0.2) is 0 Å². The molecule has 2 aromatic rings. The van der Waals surface area contributed by atoms with Crippen LogP contribution < -0.4 is 5.32 Å². The van der Waals surface area contributed by atoms with Crippen LogP contribution in [-0.4, -0.2) is 20.8 Å². The molecule has 0 amide bonds. The van der Waals surface area contributed by atoms with Crippen molar-refractivity contribution in [3.8, 4) is 0 Å². The van der Waals surface area contributed by atoms with E-state index < -0.39 is 0 Å².